The van der Waals surface area contributed by atoms with Crippen LogP contribution in [0.15, 0.2) is 194 Å². The molecular formula is C50H32. The van der Waals surface area contributed by atoms with Gasteiger partial charge in [0.25, 0.3) is 0 Å². The Kier molecular flexibility index (Phi) is 6.60. The van der Waals surface area contributed by atoms with Crippen molar-refractivity contribution in [3.8, 4) is 44.5 Å². The molecule has 10 aromatic rings. The summed E-state index contributed by atoms with van der Waals surface area (Å²) in [6.45, 7) is 0. The second-order valence-electron chi connectivity index (χ2n) is 13.3. The topological polar surface area (TPSA) is 0 Å². The summed E-state index contributed by atoms with van der Waals surface area (Å²) in [7, 11) is 0. The zero-order valence-electron chi connectivity index (χ0n) is 27.5. The fourth-order valence-electron chi connectivity index (χ4n) is 8.10. The van der Waals surface area contributed by atoms with E-state index in [1.54, 1.807) is 0 Å². The lowest BCUT2D eigenvalue weighted by Gasteiger charge is -2.21. The molecule has 0 aliphatic heterocycles. The molecule has 0 heteroatoms. The third-order valence-corrected chi connectivity index (χ3v) is 10.4. The average molecular weight is 633 g/mol. The largest absolute Gasteiger partial charge is 0.0616 e. The summed E-state index contributed by atoms with van der Waals surface area (Å²) < 4.78 is 0. The first-order valence-corrected chi connectivity index (χ1v) is 17.3. The minimum Gasteiger partial charge on any atom is -0.0616 e. The van der Waals surface area contributed by atoms with Gasteiger partial charge in [0.1, 0.15) is 0 Å². The van der Waals surface area contributed by atoms with Gasteiger partial charge in [0.2, 0.25) is 0 Å². The van der Waals surface area contributed by atoms with Gasteiger partial charge in [-0.3, -0.25) is 0 Å². The fraction of sp³-hybridized carbons (Fsp3) is 0. The van der Waals surface area contributed by atoms with Crippen molar-refractivity contribution in [2.24, 2.45) is 0 Å². The van der Waals surface area contributed by atoms with Crippen LogP contribution < -0.4 is 0 Å². The van der Waals surface area contributed by atoms with E-state index < -0.39 is 0 Å². The van der Waals surface area contributed by atoms with Crippen LogP contribution in [0.4, 0.5) is 0 Å². The molecule has 0 aromatic heterocycles. The van der Waals surface area contributed by atoms with Crippen LogP contribution in [0, 0.1) is 0 Å². The van der Waals surface area contributed by atoms with Gasteiger partial charge in [0.05, 0.1) is 0 Å². The summed E-state index contributed by atoms with van der Waals surface area (Å²) in [5.41, 5.74) is 9.93. The smallest absolute Gasteiger partial charge is 0.00141 e. The van der Waals surface area contributed by atoms with Crippen LogP contribution in [0.2, 0.25) is 0 Å². The number of hydrogen-bond acceptors (Lipinski definition) is 0. The van der Waals surface area contributed by atoms with Crippen molar-refractivity contribution in [2.45, 2.75) is 0 Å². The molecule has 0 saturated carbocycles. The van der Waals surface area contributed by atoms with Gasteiger partial charge in [0.15, 0.2) is 0 Å². The molecule has 10 aromatic carbocycles. The van der Waals surface area contributed by atoms with Gasteiger partial charge < -0.3 is 0 Å². The second kappa shape index (κ2) is 11.6. The summed E-state index contributed by atoms with van der Waals surface area (Å²) in [6, 6.07) is 71.5. The van der Waals surface area contributed by atoms with Gasteiger partial charge in [-0.15, -0.1) is 0 Å². The molecule has 50 heavy (non-hydrogen) atoms. The Morgan fingerprint density at radius 3 is 1.38 bits per heavy atom. The molecule has 0 radical (unpaired) electrons. The van der Waals surface area contributed by atoms with E-state index in [1.165, 1.54) is 98.4 Å². The molecule has 232 valence electrons. The predicted octanol–water partition coefficient (Wildman–Crippen LogP) is 14.1. The van der Waals surface area contributed by atoms with Crippen molar-refractivity contribution in [3.05, 3.63) is 194 Å². The Bertz CT molecular complexity index is 2920. The van der Waals surface area contributed by atoms with E-state index in [2.05, 4.69) is 194 Å². The van der Waals surface area contributed by atoms with Crippen molar-refractivity contribution in [1.29, 1.82) is 0 Å². The molecule has 0 aliphatic carbocycles. The molecule has 10 rings (SSSR count). The minimum absolute atomic E-state index is 1.21. The minimum atomic E-state index is 1.21. The number of fused-ring (bicyclic) bond motifs is 5. The third kappa shape index (κ3) is 4.61. The molecule has 0 N–H and O–H groups in total. The highest BCUT2D eigenvalue weighted by molar-refractivity contribution is 6.25. The first kappa shape index (κ1) is 28.5. The van der Waals surface area contributed by atoms with Crippen molar-refractivity contribution >= 4 is 53.9 Å². The Balaban J connectivity index is 1.32. The first-order chi connectivity index (χ1) is 24.8. The zero-order chi connectivity index (χ0) is 33.0. The van der Waals surface area contributed by atoms with Gasteiger partial charge in [-0.05, 0) is 117 Å². The first-order valence-electron chi connectivity index (χ1n) is 17.3. The molecule has 0 heterocycles. The maximum Gasteiger partial charge on any atom is -0.00141 e. The van der Waals surface area contributed by atoms with Crippen LogP contribution in [-0.4, -0.2) is 0 Å². The molecule has 0 unspecified atom stereocenters. The van der Waals surface area contributed by atoms with E-state index in [1.807, 2.05) is 0 Å². The lowest BCUT2D eigenvalue weighted by atomic mass is 9.82. The molecule has 0 aliphatic rings. The van der Waals surface area contributed by atoms with E-state index in [4.69, 9.17) is 0 Å². The van der Waals surface area contributed by atoms with Crippen LogP contribution in [0.3, 0.4) is 0 Å². The predicted molar refractivity (Wildman–Crippen MR) is 216 cm³/mol. The van der Waals surface area contributed by atoms with Crippen molar-refractivity contribution in [2.75, 3.05) is 0 Å². The summed E-state index contributed by atoms with van der Waals surface area (Å²) in [4.78, 5) is 0. The van der Waals surface area contributed by atoms with Crippen LogP contribution in [0.1, 0.15) is 0 Å². The molecule has 0 spiro atoms. The van der Waals surface area contributed by atoms with Gasteiger partial charge in [-0.25, -0.2) is 0 Å². The van der Waals surface area contributed by atoms with E-state index in [9.17, 15) is 0 Å². The highest BCUT2D eigenvalue weighted by atomic mass is 14.2. The molecular weight excluding hydrogens is 601 g/mol. The Hall–Kier alpha value is -6.50. The lowest BCUT2D eigenvalue weighted by Crippen LogP contribution is -1.94. The molecule has 0 saturated heterocycles. The molecule has 0 amide bonds. The number of rotatable bonds is 4. The van der Waals surface area contributed by atoms with Crippen LogP contribution in [-0.2, 0) is 0 Å². The lowest BCUT2D eigenvalue weighted by molar-refractivity contribution is 1.62. The van der Waals surface area contributed by atoms with Gasteiger partial charge in [-0.2, -0.15) is 0 Å². The summed E-state index contributed by atoms with van der Waals surface area (Å²) in [5.74, 6) is 0. The van der Waals surface area contributed by atoms with Gasteiger partial charge >= 0.3 is 0 Å². The standard InChI is InChI=1S/C50H32/c1-3-15-36-30-40(28-26-33(36)12-1)48-45-21-7-8-22-46(45)49(41-29-27-34-13-2-4-16-37(34)31-41)50-44(24-11-25-47(48)50)39-19-9-18-38(32-39)43-23-10-17-35-14-5-6-20-42(35)43/h1-32H. The van der Waals surface area contributed by atoms with E-state index in [0.717, 1.165) is 0 Å². The Labute approximate surface area is 291 Å². The summed E-state index contributed by atoms with van der Waals surface area (Å²) >= 11 is 0. The van der Waals surface area contributed by atoms with Crippen LogP contribution >= 0.6 is 0 Å². The second-order valence-corrected chi connectivity index (χ2v) is 13.3. The van der Waals surface area contributed by atoms with Crippen molar-refractivity contribution in [1.82, 2.24) is 0 Å². The summed E-state index contributed by atoms with van der Waals surface area (Å²) in [6.07, 6.45) is 0. The average Bonchev–Trinajstić information content (AvgIpc) is 3.19. The van der Waals surface area contributed by atoms with E-state index in [0.29, 0.717) is 0 Å². The number of benzene rings is 10. The van der Waals surface area contributed by atoms with Crippen molar-refractivity contribution < 1.29 is 0 Å². The Morgan fingerprint density at radius 1 is 0.220 bits per heavy atom. The van der Waals surface area contributed by atoms with E-state index in [-0.39, 0.29) is 0 Å². The monoisotopic (exact) mass is 632 g/mol. The van der Waals surface area contributed by atoms with E-state index >= 15 is 0 Å². The molecule has 0 bridgehead atoms. The fourth-order valence-corrected chi connectivity index (χ4v) is 8.10. The highest BCUT2D eigenvalue weighted by Gasteiger charge is 2.20. The maximum atomic E-state index is 2.38. The van der Waals surface area contributed by atoms with Gasteiger partial charge in [0, 0.05) is 0 Å². The van der Waals surface area contributed by atoms with Crippen molar-refractivity contribution in [3.63, 3.8) is 0 Å². The van der Waals surface area contributed by atoms with Crippen LogP contribution in [0.5, 0.6) is 0 Å². The Morgan fingerprint density at radius 2 is 0.680 bits per heavy atom. The zero-order valence-corrected chi connectivity index (χ0v) is 27.5. The quantitative estimate of drug-likeness (QED) is 0.169. The maximum absolute atomic E-state index is 2.38. The van der Waals surface area contributed by atoms with Crippen LogP contribution in [0.25, 0.3) is 98.4 Å². The number of hydrogen-bond donors (Lipinski definition) is 0. The van der Waals surface area contributed by atoms with Gasteiger partial charge in [-0.1, -0.05) is 176 Å². The molecule has 0 atom stereocenters. The normalized spacial score (nSPS) is 11.6. The summed E-state index contributed by atoms with van der Waals surface area (Å²) in [5, 5.41) is 12.6. The third-order valence-electron chi connectivity index (χ3n) is 10.4. The molecule has 0 fully saturated rings. The highest BCUT2D eigenvalue weighted by Crippen LogP contribution is 2.48. The molecule has 0 nitrogen and oxygen atoms in total. The SMILES string of the molecule is c1cc(-c2cccc3ccccc23)cc(-c2cccc3c(-c4ccc5ccccc5c4)c4ccccc4c(-c4ccc5ccccc5c4)c23)c1.